The van der Waals surface area contributed by atoms with Crippen molar-refractivity contribution in [2.45, 2.75) is 6.92 Å². The van der Waals surface area contributed by atoms with Crippen LogP contribution >= 0.6 is 31.9 Å². The number of nitrogens with zero attached hydrogens (tertiary/aromatic N) is 3. The van der Waals surface area contributed by atoms with Crippen molar-refractivity contribution in [2.24, 2.45) is 0 Å². The van der Waals surface area contributed by atoms with Gasteiger partial charge in [0.15, 0.2) is 5.82 Å². The summed E-state index contributed by atoms with van der Waals surface area (Å²) in [5, 5.41) is 2.62. The molecule has 0 atom stereocenters. The topological polar surface area (TPSA) is 77.0 Å². The minimum Gasteiger partial charge on any atom is -0.478 e. The first-order valence-electron chi connectivity index (χ1n) is 5.69. The molecule has 0 aliphatic heterocycles. The van der Waals surface area contributed by atoms with E-state index < -0.39 is 0 Å². The lowest BCUT2D eigenvalue weighted by Gasteiger charge is -2.07. The molecule has 0 bridgehead atoms. The number of aromatic nitrogens is 3. The summed E-state index contributed by atoms with van der Waals surface area (Å²) < 4.78 is 6.25. The molecule has 0 spiro atoms. The van der Waals surface area contributed by atoms with Crippen LogP contribution < -0.4 is 10.1 Å². The molecule has 2 aromatic heterocycles. The molecule has 0 unspecified atom stereocenters. The van der Waals surface area contributed by atoms with Gasteiger partial charge in [0.2, 0.25) is 5.88 Å². The molecule has 0 fully saturated rings. The molecule has 0 radical (unpaired) electrons. The number of carbonyl (C=O) groups excluding carboxylic acids is 1. The Morgan fingerprint density at radius 2 is 2.15 bits per heavy atom. The third kappa shape index (κ3) is 3.73. The Balaban J connectivity index is 2.17. The Morgan fingerprint density at radius 3 is 2.85 bits per heavy atom. The summed E-state index contributed by atoms with van der Waals surface area (Å²) in [5.74, 6) is 0.340. The van der Waals surface area contributed by atoms with Crippen molar-refractivity contribution in [1.29, 1.82) is 0 Å². The van der Waals surface area contributed by atoms with E-state index in [9.17, 15) is 4.79 Å². The average molecular weight is 402 g/mol. The minimum atomic E-state index is -0.385. The lowest BCUT2D eigenvalue weighted by atomic mass is 10.3. The van der Waals surface area contributed by atoms with E-state index in [1.807, 2.05) is 6.92 Å². The van der Waals surface area contributed by atoms with Crippen LogP contribution in [0.2, 0.25) is 0 Å². The number of ether oxygens (including phenoxy) is 1. The molecular formula is C12H10Br2N4O2. The number of anilines is 1. The maximum absolute atomic E-state index is 12.1. The maximum Gasteiger partial charge on any atom is 0.275 e. The fourth-order valence-corrected chi connectivity index (χ4v) is 2.28. The molecule has 0 saturated carbocycles. The number of nitrogens with one attached hydrogen (secondary N) is 1. The third-order valence-electron chi connectivity index (χ3n) is 2.18. The fourth-order valence-electron chi connectivity index (χ4n) is 1.37. The summed E-state index contributed by atoms with van der Waals surface area (Å²) in [5.41, 5.74) is 0.243. The summed E-state index contributed by atoms with van der Waals surface area (Å²) in [7, 11) is 0. The molecule has 6 nitrogen and oxygen atoms in total. The van der Waals surface area contributed by atoms with E-state index in [-0.39, 0.29) is 11.6 Å². The van der Waals surface area contributed by atoms with E-state index in [2.05, 4.69) is 52.1 Å². The van der Waals surface area contributed by atoms with E-state index in [0.717, 1.165) is 0 Å². The van der Waals surface area contributed by atoms with Crippen LogP contribution in [0.15, 0.2) is 33.6 Å². The van der Waals surface area contributed by atoms with E-state index in [1.54, 1.807) is 18.2 Å². The van der Waals surface area contributed by atoms with Crippen LogP contribution in [-0.2, 0) is 0 Å². The molecule has 8 heteroatoms. The van der Waals surface area contributed by atoms with Gasteiger partial charge in [-0.1, -0.05) is 6.07 Å². The van der Waals surface area contributed by atoms with Crippen molar-refractivity contribution < 1.29 is 9.53 Å². The molecule has 1 N–H and O–H groups in total. The third-order valence-corrected chi connectivity index (χ3v) is 3.12. The normalized spacial score (nSPS) is 10.2. The predicted octanol–water partition coefficient (Wildman–Crippen LogP) is 3.05. The van der Waals surface area contributed by atoms with Gasteiger partial charge in [0.1, 0.15) is 14.9 Å². The summed E-state index contributed by atoms with van der Waals surface area (Å²) in [4.78, 5) is 24.3. The SMILES string of the molecule is CCOc1cccc(C(=O)Nc2ncc(Br)nc2Br)n1. The van der Waals surface area contributed by atoms with E-state index in [1.165, 1.54) is 6.20 Å². The zero-order valence-corrected chi connectivity index (χ0v) is 13.6. The van der Waals surface area contributed by atoms with Gasteiger partial charge >= 0.3 is 0 Å². The van der Waals surface area contributed by atoms with Crippen LogP contribution in [0.25, 0.3) is 0 Å². The van der Waals surface area contributed by atoms with Gasteiger partial charge in [-0.2, -0.15) is 0 Å². The second kappa shape index (κ2) is 6.76. The summed E-state index contributed by atoms with van der Waals surface area (Å²) in [6, 6.07) is 4.99. The number of carbonyl (C=O) groups is 1. The first-order valence-corrected chi connectivity index (χ1v) is 7.28. The Kier molecular flexibility index (Phi) is 5.02. The minimum absolute atomic E-state index is 0.243. The molecule has 2 aromatic rings. The highest BCUT2D eigenvalue weighted by atomic mass is 79.9. The zero-order valence-electron chi connectivity index (χ0n) is 10.4. The van der Waals surface area contributed by atoms with Crippen LogP contribution in [0, 0.1) is 0 Å². The molecule has 1 amide bonds. The first kappa shape index (κ1) is 14.9. The standard InChI is InChI=1S/C12H10Br2N4O2/c1-2-20-9-5-3-4-7(16-9)12(19)18-11-10(14)17-8(13)6-15-11/h3-6H,2H2,1H3,(H,15,18,19). The average Bonchev–Trinajstić information content (AvgIpc) is 2.42. The van der Waals surface area contributed by atoms with Gasteiger partial charge in [0.25, 0.3) is 5.91 Å². The molecule has 20 heavy (non-hydrogen) atoms. The fraction of sp³-hybridized carbons (Fsp3) is 0.167. The predicted molar refractivity (Wildman–Crippen MR) is 80.8 cm³/mol. The lowest BCUT2D eigenvalue weighted by Crippen LogP contribution is -2.15. The zero-order chi connectivity index (χ0) is 14.5. The van der Waals surface area contributed by atoms with Crippen molar-refractivity contribution in [1.82, 2.24) is 15.0 Å². The van der Waals surface area contributed by atoms with E-state index >= 15 is 0 Å². The number of halogens is 2. The molecule has 104 valence electrons. The van der Waals surface area contributed by atoms with Gasteiger partial charge in [0.05, 0.1) is 12.8 Å². The highest BCUT2D eigenvalue weighted by Gasteiger charge is 2.12. The van der Waals surface area contributed by atoms with Crippen molar-refractivity contribution in [3.05, 3.63) is 39.3 Å². The highest BCUT2D eigenvalue weighted by molar-refractivity contribution is 9.11. The number of rotatable bonds is 4. The van der Waals surface area contributed by atoms with Crippen molar-refractivity contribution in [2.75, 3.05) is 11.9 Å². The first-order chi connectivity index (χ1) is 9.60. The number of pyridine rings is 1. The molecule has 0 saturated heterocycles. The van der Waals surface area contributed by atoms with Crippen molar-refractivity contribution in [3.63, 3.8) is 0 Å². The molecular weight excluding hydrogens is 392 g/mol. The molecule has 0 aliphatic carbocycles. The Bertz CT molecular complexity index is 637. The highest BCUT2D eigenvalue weighted by Crippen LogP contribution is 2.20. The van der Waals surface area contributed by atoms with E-state index in [0.29, 0.717) is 27.5 Å². The number of amides is 1. The van der Waals surface area contributed by atoms with Crippen molar-refractivity contribution >= 4 is 43.6 Å². The van der Waals surface area contributed by atoms with Gasteiger partial charge in [-0.3, -0.25) is 4.79 Å². The van der Waals surface area contributed by atoms with Crippen LogP contribution in [0.5, 0.6) is 5.88 Å². The van der Waals surface area contributed by atoms with Gasteiger partial charge in [-0.25, -0.2) is 15.0 Å². The maximum atomic E-state index is 12.1. The molecule has 2 heterocycles. The van der Waals surface area contributed by atoms with Gasteiger partial charge in [-0.15, -0.1) is 0 Å². The van der Waals surface area contributed by atoms with Crippen LogP contribution in [0.4, 0.5) is 5.82 Å². The smallest absolute Gasteiger partial charge is 0.275 e. The second-order valence-corrected chi connectivity index (χ2v) is 5.14. The summed E-state index contributed by atoms with van der Waals surface area (Å²) in [6.45, 7) is 2.34. The van der Waals surface area contributed by atoms with Gasteiger partial charge in [-0.05, 0) is 44.8 Å². The van der Waals surface area contributed by atoms with Crippen LogP contribution in [0.3, 0.4) is 0 Å². The largest absolute Gasteiger partial charge is 0.478 e. The number of hydrogen-bond donors (Lipinski definition) is 1. The Morgan fingerprint density at radius 1 is 1.35 bits per heavy atom. The van der Waals surface area contributed by atoms with Crippen molar-refractivity contribution in [3.8, 4) is 5.88 Å². The molecule has 2 rings (SSSR count). The van der Waals surface area contributed by atoms with E-state index in [4.69, 9.17) is 4.74 Å². The summed E-state index contributed by atoms with van der Waals surface area (Å²) >= 11 is 6.41. The quantitative estimate of drug-likeness (QED) is 0.851. The lowest BCUT2D eigenvalue weighted by molar-refractivity contribution is 0.102. The van der Waals surface area contributed by atoms with Gasteiger partial charge in [0, 0.05) is 6.07 Å². The number of hydrogen-bond acceptors (Lipinski definition) is 5. The Hall–Kier alpha value is -1.54. The monoisotopic (exact) mass is 400 g/mol. The molecule has 0 aliphatic rings. The summed E-state index contributed by atoms with van der Waals surface area (Å²) in [6.07, 6.45) is 1.49. The Labute approximate surface area is 132 Å². The van der Waals surface area contributed by atoms with Crippen LogP contribution in [-0.4, -0.2) is 27.5 Å². The second-order valence-electron chi connectivity index (χ2n) is 3.58. The van der Waals surface area contributed by atoms with Crippen LogP contribution in [0.1, 0.15) is 17.4 Å². The van der Waals surface area contributed by atoms with Gasteiger partial charge < -0.3 is 10.1 Å². The molecule has 0 aromatic carbocycles.